The number of anilines is 1. The number of carbonyl (C=O) groups is 3. The first-order chi connectivity index (χ1) is 16.3. The number of hydrogen-bond donors (Lipinski definition) is 3. The number of fused-ring (bicyclic) bond motifs is 1. The average molecular weight is 486 g/mol. The summed E-state index contributed by atoms with van der Waals surface area (Å²) in [5, 5.41) is 7.57. The van der Waals surface area contributed by atoms with Crippen molar-refractivity contribution < 1.29 is 27.6 Å². The molecule has 0 aliphatic carbocycles. The Labute approximate surface area is 198 Å². The fourth-order valence-electron chi connectivity index (χ4n) is 3.60. The van der Waals surface area contributed by atoms with Gasteiger partial charge in [-0.2, -0.15) is 0 Å². The number of nitrogens with one attached hydrogen (secondary N) is 3. The monoisotopic (exact) mass is 485 g/mol. The highest BCUT2D eigenvalue weighted by Crippen LogP contribution is 2.43. The molecule has 0 bridgehead atoms. The van der Waals surface area contributed by atoms with Gasteiger partial charge in [0.2, 0.25) is 17.7 Å². The molecule has 0 radical (unpaired) electrons. The van der Waals surface area contributed by atoms with Gasteiger partial charge >= 0.3 is 0 Å². The van der Waals surface area contributed by atoms with Gasteiger partial charge in [-0.25, -0.2) is 8.78 Å². The van der Waals surface area contributed by atoms with E-state index >= 15 is 0 Å². The summed E-state index contributed by atoms with van der Waals surface area (Å²) in [6, 6.07) is 9.87. The lowest BCUT2D eigenvalue weighted by Gasteiger charge is -2.25. The minimum absolute atomic E-state index is 0.139. The van der Waals surface area contributed by atoms with Crippen molar-refractivity contribution in [3.05, 3.63) is 83.8 Å². The predicted molar refractivity (Wildman–Crippen MR) is 122 cm³/mol. The largest absolute Gasteiger partial charge is 0.472 e. The summed E-state index contributed by atoms with van der Waals surface area (Å²) in [5.41, 5.74) is 1.48. The van der Waals surface area contributed by atoms with E-state index in [2.05, 4.69) is 16.0 Å². The Morgan fingerprint density at radius 3 is 2.59 bits per heavy atom. The Morgan fingerprint density at radius 2 is 1.88 bits per heavy atom. The van der Waals surface area contributed by atoms with E-state index in [1.54, 1.807) is 18.2 Å². The normalized spacial score (nSPS) is 18.3. The first kappa shape index (κ1) is 23.5. The smallest absolute Gasteiger partial charge is 0.248 e. The Bertz CT molecular complexity index is 1200. The molecule has 0 spiro atoms. The van der Waals surface area contributed by atoms with Gasteiger partial charge in [-0.05, 0) is 42.8 Å². The van der Waals surface area contributed by atoms with Crippen molar-refractivity contribution in [1.82, 2.24) is 10.6 Å². The van der Waals surface area contributed by atoms with E-state index in [0.717, 1.165) is 17.0 Å². The number of benzene rings is 2. The van der Waals surface area contributed by atoms with Crippen molar-refractivity contribution >= 4 is 35.2 Å². The maximum atomic E-state index is 13.4. The van der Waals surface area contributed by atoms with Gasteiger partial charge in [0.15, 0.2) is 0 Å². The summed E-state index contributed by atoms with van der Waals surface area (Å²) in [6.07, 6.45) is 2.70. The third-order valence-corrected chi connectivity index (χ3v) is 6.62. The zero-order valence-corrected chi connectivity index (χ0v) is 18.8. The van der Waals surface area contributed by atoms with Crippen LogP contribution < -0.4 is 16.0 Å². The molecule has 2 heterocycles. The van der Waals surface area contributed by atoms with Crippen molar-refractivity contribution in [2.24, 2.45) is 0 Å². The molecule has 7 nitrogen and oxygen atoms in total. The van der Waals surface area contributed by atoms with Crippen LogP contribution in [-0.4, -0.2) is 29.8 Å². The number of hydrogen-bond acceptors (Lipinski definition) is 5. The molecule has 0 unspecified atom stereocenters. The molecule has 4 rings (SSSR count). The van der Waals surface area contributed by atoms with E-state index in [4.69, 9.17) is 4.42 Å². The summed E-state index contributed by atoms with van der Waals surface area (Å²) >= 11 is 1.40. The van der Waals surface area contributed by atoms with Crippen LogP contribution in [0, 0.1) is 11.6 Å². The van der Waals surface area contributed by atoms with E-state index in [1.807, 2.05) is 12.1 Å². The minimum Gasteiger partial charge on any atom is -0.472 e. The van der Waals surface area contributed by atoms with Crippen LogP contribution in [0.4, 0.5) is 14.5 Å². The highest BCUT2D eigenvalue weighted by molar-refractivity contribution is 7.99. The fraction of sp³-hybridized carbons (Fsp3) is 0.208. The Balaban J connectivity index is 1.46. The molecule has 3 N–H and O–H groups in total. The van der Waals surface area contributed by atoms with Crippen molar-refractivity contribution in [3.63, 3.8) is 0 Å². The Hall–Kier alpha value is -3.66. The highest BCUT2D eigenvalue weighted by atomic mass is 32.2. The molecule has 1 aliphatic rings. The van der Waals surface area contributed by atoms with Crippen LogP contribution in [0.2, 0.25) is 0 Å². The second kappa shape index (κ2) is 10.1. The van der Waals surface area contributed by atoms with Gasteiger partial charge in [-0.1, -0.05) is 12.1 Å². The number of carbonyl (C=O) groups excluding carboxylic acids is 3. The first-order valence-electron chi connectivity index (χ1n) is 10.4. The number of halogens is 2. The number of para-hydroxylation sites is 1. The molecule has 1 aliphatic heterocycles. The van der Waals surface area contributed by atoms with Crippen LogP contribution in [0.15, 0.2) is 70.4 Å². The zero-order chi connectivity index (χ0) is 24.2. The minimum atomic E-state index is -1.00. The van der Waals surface area contributed by atoms with Crippen molar-refractivity contribution in [2.45, 2.75) is 35.6 Å². The quantitative estimate of drug-likeness (QED) is 0.496. The van der Waals surface area contributed by atoms with Gasteiger partial charge in [-0.3, -0.25) is 14.4 Å². The molecule has 10 heteroatoms. The SMILES string of the molecule is C[C@H](NC(=O)Cc1cc(F)cc(F)c1)C(=O)N[C@@H]1C(=O)Nc2ccccc2S[C@@H]1c1ccoc1. The molecule has 0 fully saturated rings. The van der Waals surface area contributed by atoms with Crippen LogP contribution in [0.1, 0.15) is 23.3 Å². The highest BCUT2D eigenvalue weighted by Gasteiger charge is 2.36. The number of furan rings is 1. The fourth-order valence-corrected chi connectivity index (χ4v) is 4.87. The van der Waals surface area contributed by atoms with Crippen molar-refractivity contribution in [3.8, 4) is 0 Å². The van der Waals surface area contributed by atoms with E-state index in [9.17, 15) is 23.2 Å². The maximum absolute atomic E-state index is 13.4. The van der Waals surface area contributed by atoms with Crippen LogP contribution in [0.5, 0.6) is 0 Å². The molecule has 3 aromatic rings. The van der Waals surface area contributed by atoms with Crippen LogP contribution in [0.25, 0.3) is 0 Å². The molecular formula is C24H21F2N3O4S. The van der Waals surface area contributed by atoms with Gasteiger partial charge in [0, 0.05) is 16.5 Å². The zero-order valence-electron chi connectivity index (χ0n) is 18.0. The van der Waals surface area contributed by atoms with Crippen molar-refractivity contribution in [1.29, 1.82) is 0 Å². The summed E-state index contributed by atoms with van der Waals surface area (Å²) in [4.78, 5) is 39.1. The number of amides is 3. The van der Waals surface area contributed by atoms with Gasteiger partial charge < -0.3 is 20.4 Å². The first-order valence-corrected chi connectivity index (χ1v) is 11.3. The molecule has 34 heavy (non-hydrogen) atoms. The third kappa shape index (κ3) is 5.45. The number of rotatable bonds is 6. The lowest BCUT2D eigenvalue weighted by Crippen LogP contribution is -2.53. The Morgan fingerprint density at radius 1 is 1.15 bits per heavy atom. The lowest BCUT2D eigenvalue weighted by atomic mass is 10.1. The summed E-state index contributed by atoms with van der Waals surface area (Å²) in [5.74, 6) is -3.18. The predicted octanol–water partition coefficient (Wildman–Crippen LogP) is 3.58. The second-order valence-electron chi connectivity index (χ2n) is 7.81. The molecule has 176 valence electrons. The van der Waals surface area contributed by atoms with Crippen LogP contribution >= 0.6 is 11.8 Å². The average Bonchev–Trinajstić information content (AvgIpc) is 3.26. The second-order valence-corrected chi connectivity index (χ2v) is 8.99. The van der Waals surface area contributed by atoms with Gasteiger partial charge in [0.1, 0.15) is 23.7 Å². The molecule has 2 aromatic carbocycles. The van der Waals surface area contributed by atoms with Crippen LogP contribution in [-0.2, 0) is 20.8 Å². The van der Waals surface area contributed by atoms with E-state index < -0.39 is 46.7 Å². The standard InChI is InChI=1S/C24H21F2N3O4S/c1-13(27-20(30)10-14-8-16(25)11-17(26)9-14)23(31)29-21-22(15-6-7-33-12-15)34-19-5-3-2-4-18(19)28-24(21)32/h2-9,11-13,21-22H,10H2,1H3,(H,27,30)(H,28,32)(H,29,31)/t13-,21-,22+/m0/s1. The van der Waals surface area contributed by atoms with Gasteiger partial charge in [-0.15, -0.1) is 11.8 Å². The molecular weight excluding hydrogens is 464 g/mol. The molecule has 1 aromatic heterocycles. The lowest BCUT2D eigenvalue weighted by molar-refractivity contribution is -0.130. The maximum Gasteiger partial charge on any atom is 0.248 e. The molecule has 0 saturated carbocycles. The van der Waals surface area contributed by atoms with Gasteiger partial charge in [0.25, 0.3) is 0 Å². The summed E-state index contributed by atoms with van der Waals surface area (Å²) in [6.45, 7) is 1.46. The van der Waals surface area contributed by atoms with E-state index in [0.29, 0.717) is 17.3 Å². The van der Waals surface area contributed by atoms with Crippen molar-refractivity contribution in [2.75, 3.05) is 5.32 Å². The number of thioether (sulfide) groups is 1. The molecule has 0 saturated heterocycles. The molecule has 3 amide bonds. The van der Waals surface area contributed by atoms with Gasteiger partial charge in [0.05, 0.1) is 29.9 Å². The van der Waals surface area contributed by atoms with E-state index in [-0.39, 0.29) is 12.0 Å². The summed E-state index contributed by atoms with van der Waals surface area (Å²) < 4.78 is 31.9. The summed E-state index contributed by atoms with van der Waals surface area (Å²) in [7, 11) is 0. The topological polar surface area (TPSA) is 100 Å². The third-order valence-electron chi connectivity index (χ3n) is 5.21. The van der Waals surface area contributed by atoms with Crippen LogP contribution in [0.3, 0.4) is 0 Å². The van der Waals surface area contributed by atoms with E-state index in [1.165, 1.54) is 31.2 Å². The Kier molecular flexibility index (Phi) is 6.97. The molecule has 3 atom stereocenters.